The van der Waals surface area contributed by atoms with E-state index in [0.717, 1.165) is 4.90 Å². The summed E-state index contributed by atoms with van der Waals surface area (Å²) in [6, 6.07) is 15.3. The number of anilines is 3. The molecule has 0 saturated carbocycles. The highest BCUT2D eigenvalue weighted by molar-refractivity contribution is 6.00. The summed E-state index contributed by atoms with van der Waals surface area (Å²) in [6.45, 7) is -0.133. The highest BCUT2D eigenvalue weighted by Crippen LogP contribution is 2.14. The molecule has 26 heavy (non-hydrogen) atoms. The number of nitrogens with one attached hydrogen (secondary N) is 3. The van der Waals surface area contributed by atoms with Crippen molar-refractivity contribution in [3.63, 3.8) is 0 Å². The molecule has 2 aromatic carbocycles. The highest BCUT2D eigenvalue weighted by Gasteiger charge is 2.12. The molecule has 0 radical (unpaired) electrons. The van der Waals surface area contributed by atoms with E-state index in [2.05, 4.69) is 20.7 Å². The van der Waals surface area contributed by atoms with Gasteiger partial charge in [-0.25, -0.2) is 9.59 Å². The van der Waals surface area contributed by atoms with Crippen LogP contribution in [0.2, 0.25) is 0 Å². The first-order valence-corrected chi connectivity index (χ1v) is 7.80. The molecule has 2 aromatic rings. The number of nitrogens with zero attached hydrogens (tertiary/aromatic N) is 1. The van der Waals surface area contributed by atoms with Crippen molar-refractivity contribution >= 4 is 35.1 Å². The van der Waals surface area contributed by atoms with Gasteiger partial charge in [-0.2, -0.15) is 0 Å². The Morgan fingerprint density at radius 1 is 0.846 bits per heavy atom. The van der Waals surface area contributed by atoms with Crippen molar-refractivity contribution < 1.29 is 19.1 Å². The Morgan fingerprint density at radius 3 is 1.88 bits per heavy atom. The Kier molecular flexibility index (Phi) is 6.55. The normalized spacial score (nSPS) is 9.77. The molecule has 0 spiro atoms. The fourth-order valence-corrected chi connectivity index (χ4v) is 2.09. The number of hydrogen-bond donors (Lipinski definition) is 3. The first-order valence-electron chi connectivity index (χ1n) is 7.80. The Balaban J connectivity index is 1.85. The van der Waals surface area contributed by atoms with Crippen LogP contribution in [0.4, 0.5) is 26.7 Å². The van der Waals surface area contributed by atoms with E-state index in [9.17, 15) is 14.4 Å². The monoisotopic (exact) mass is 356 g/mol. The minimum Gasteiger partial charge on any atom is -0.453 e. The molecule has 0 fully saturated rings. The van der Waals surface area contributed by atoms with E-state index in [-0.39, 0.29) is 18.5 Å². The first kappa shape index (κ1) is 18.8. The Morgan fingerprint density at radius 2 is 1.35 bits per heavy atom. The van der Waals surface area contributed by atoms with Crippen molar-refractivity contribution in [3.8, 4) is 0 Å². The molecule has 8 nitrogen and oxygen atoms in total. The molecule has 0 aliphatic rings. The van der Waals surface area contributed by atoms with Gasteiger partial charge >= 0.3 is 12.1 Å². The minimum absolute atomic E-state index is 0.133. The molecule has 0 unspecified atom stereocenters. The van der Waals surface area contributed by atoms with E-state index in [1.54, 1.807) is 36.4 Å². The fraction of sp³-hybridized carbons (Fsp3) is 0.167. The largest absolute Gasteiger partial charge is 0.453 e. The predicted octanol–water partition coefficient (Wildman–Crippen LogP) is 2.97. The molecule has 0 aliphatic carbocycles. The van der Waals surface area contributed by atoms with E-state index in [1.165, 1.54) is 14.2 Å². The van der Waals surface area contributed by atoms with Crippen molar-refractivity contribution in [1.82, 2.24) is 4.90 Å². The number of methoxy groups -OCH3 is 1. The van der Waals surface area contributed by atoms with Crippen LogP contribution in [0.3, 0.4) is 0 Å². The number of amides is 4. The maximum absolute atomic E-state index is 11.9. The SMILES string of the molecule is COC(=O)N(C)CC(=O)Nc1ccc(NC(=O)Nc2ccccc2)cc1. The van der Waals surface area contributed by atoms with Crippen LogP contribution in [0.5, 0.6) is 0 Å². The molecule has 4 amide bonds. The van der Waals surface area contributed by atoms with E-state index in [1.807, 2.05) is 18.2 Å². The molecular formula is C18H20N4O4. The number of para-hydroxylation sites is 1. The van der Waals surface area contributed by atoms with Gasteiger partial charge in [0, 0.05) is 24.1 Å². The van der Waals surface area contributed by atoms with Crippen LogP contribution in [0, 0.1) is 0 Å². The number of carbonyl (C=O) groups excluding carboxylic acids is 3. The van der Waals surface area contributed by atoms with E-state index < -0.39 is 6.09 Å². The summed E-state index contributed by atoms with van der Waals surface area (Å²) < 4.78 is 4.52. The van der Waals surface area contributed by atoms with Gasteiger partial charge in [0.2, 0.25) is 5.91 Å². The molecular weight excluding hydrogens is 336 g/mol. The second-order valence-electron chi connectivity index (χ2n) is 5.40. The smallest absolute Gasteiger partial charge is 0.409 e. The van der Waals surface area contributed by atoms with Gasteiger partial charge in [-0.05, 0) is 36.4 Å². The third-order valence-electron chi connectivity index (χ3n) is 3.33. The maximum atomic E-state index is 11.9. The van der Waals surface area contributed by atoms with Crippen LogP contribution in [0.1, 0.15) is 0 Å². The van der Waals surface area contributed by atoms with Gasteiger partial charge in [0.1, 0.15) is 6.54 Å². The lowest BCUT2D eigenvalue weighted by Crippen LogP contribution is -2.34. The lowest BCUT2D eigenvalue weighted by Gasteiger charge is -2.15. The van der Waals surface area contributed by atoms with Gasteiger partial charge in [0.15, 0.2) is 0 Å². The molecule has 0 aliphatic heterocycles. The van der Waals surface area contributed by atoms with Gasteiger partial charge in [0.05, 0.1) is 7.11 Å². The summed E-state index contributed by atoms with van der Waals surface area (Å²) in [4.78, 5) is 36.2. The van der Waals surface area contributed by atoms with Gasteiger partial charge in [0.25, 0.3) is 0 Å². The van der Waals surface area contributed by atoms with Crippen LogP contribution in [0.25, 0.3) is 0 Å². The Hall–Kier alpha value is -3.55. The van der Waals surface area contributed by atoms with Gasteiger partial charge in [-0.1, -0.05) is 18.2 Å². The topological polar surface area (TPSA) is 99.8 Å². The van der Waals surface area contributed by atoms with E-state index in [0.29, 0.717) is 17.1 Å². The zero-order chi connectivity index (χ0) is 18.9. The number of likely N-dealkylation sites (N-methyl/N-ethyl adjacent to an activating group) is 1. The summed E-state index contributed by atoms with van der Waals surface area (Å²) in [5.74, 6) is -0.361. The first-order chi connectivity index (χ1) is 12.5. The number of benzene rings is 2. The average molecular weight is 356 g/mol. The molecule has 3 N–H and O–H groups in total. The van der Waals surface area contributed by atoms with Crippen molar-refractivity contribution in [2.24, 2.45) is 0 Å². The van der Waals surface area contributed by atoms with Gasteiger partial charge < -0.3 is 25.6 Å². The second-order valence-corrected chi connectivity index (χ2v) is 5.40. The van der Waals surface area contributed by atoms with Crippen molar-refractivity contribution in [3.05, 3.63) is 54.6 Å². The number of rotatable bonds is 5. The van der Waals surface area contributed by atoms with E-state index >= 15 is 0 Å². The summed E-state index contributed by atoms with van der Waals surface area (Å²) in [5.41, 5.74) is 1.80. The predicted molar refractivity (Wildman–Crippen MR) is 99.2 cm³/mol. The zero-order valence-corrected chi connectivity index (χ0v) is 14.5. The lowest BCUT2D eigenvalue weighted by molar-refractivity contribution is -0.116. The molecule has 2 rings (SSSR count). The van der Waals surface area contributed by atoms with Crippen LogP contribution in [-0.2, 0) is 9.53 Å². The summed E-state index contributed by atoms with van der Waals surface area (Å²) in [7, 11) is 2.71. The molecule has 0 bridgehead atoms. The van der Waals surface area contributed by atoms with E-state index in [4.69, 9.17) is 0 Å². The molecule has 0 atom stereocenters. The zero-order valence-electron chi connectivity index (χ0n) is 14.5. The van der Waals surface area contributed by atoms with Crippen molar-refractivity contribution in [1.29, 1.82) is 0 Å². The standard InChI is InChI=1S/C18H20N4O4/c1-22(18(25)26-2)12-16(23)19-14-8-10-15(11-9-14)21-17(24)20-13-6-4-3-5-7-13/h3-11H,12H2,1-2H3,(H,19,23)(H2,20,21,24). The summed E-state index contributed by atoms with van der Waals surface area (Å²) in [5, 5.41) is 8.05. The van der Waals surface area contributed by atoms with Crippen LogP contribution >= 0.6 is 0 Å². The van der Waals surface area contributed by atoms with Crippen LogP contribution in [-0.4, -0.2) is 43.6 Å². The van der Waals surface area contributed by atoms with Crippen molar-refractivity contribution in [2.75, 3.05) is 36.7 Å². The molecule has 0 aromatic heterocycles. The fourth-order valence-electron chi connectivity index (χ4n) is 2.09. The summed E-state index contributed by atoms with van der Waals surface area (Å²) >= 11 is 0. The maximum Gasteiger partial charge on any atom is 0.409 e. The third-order valence-corrected chi connectivity index (χ3v) is 3.33. The van der Waals surface area contributed by atoms with Crippen LogP contribution < -0.4 is 16.0 Å². The molecule has 0 saturated heterocycles. The number of carbonyl (C=O) groups is 3. The summed E-state index contributed by atoms with van der Waals surface area (Å²) in [6.07, 6.45) is -0.593. The van der Waals surface area contributed by atoms with Crippen LogP contribution in [0.15, 0.2) is 54.6 Å². The molecule has 136 valence electrons. The Bertz CT molecular complexity index is 763. The third kappa shape index (κ3) is 5.82. The molecule has 8 heteroatoms. The number of urea groups is 1. The molecule has 0 heterocycles. The second kappa shape index (κ2) is 9.07. The lowest BCUT2D eigenvalue weighted by atomic mass is 10.2. The quantitative estimate of drug-likeness (QED) is 0.767. The van der Waals surface area contributed by atoms with Crippen molar-refractivity contribution in [2.45, 2.75) is 0 Å². The van der Waals surface area contributed by atoms with Gasteiger partial charge in [-0.3, -0.25) is 4.79 Å². The Labute approximate surface area is 151 Å². The minimum atomic E-state index is -0.593. The number of ether oxygens (including phenoxy) is 1. The average Bonchev–Trinajstić information content (AvgIpc) is 2.63. The number of hydrogen-bond acceptors (Lipinski definition) is 4. The highest BCUT2D eigenvalue weighted by atomic mass is 16.5. The van der Waals surface area contributed by atoms with Gasteiger partial charge in [-0.15, -0.1) is 0 Å².